The molecular formula is C27H32N4O5. The van der Waals surface area contributed by atoms with Crippen molar-refractivity contribution in [2.24, 2.45) is 0 Å². The van der Waals surface area contributed by atoms with Crippen molar-refractivity contribution in [3.63, 3.8) is 0 Å². The van der Waals surface area contributed by atoms with Crippen LogP contribution in [-0.2, 0) is 6.67 Å². The lowest BCUT2D eigenvalue weighted by Gasteiger charge is -2.32. The van der Waals surface area contributed by atoms with Crippen LogP contribution in [0, 0.1) is 11.8 Å². The predicted molar refractivity (Wildman–Crippen MR) is 137 cm³/mol. The van der Waals surface area contributed by atoms with Gasteiger partial charge in [0, 0.05) is 37.1 Å². The molecule has 0 N–H and O–H groups in total. The summed E-state index contributed by atoms with van der Waals surface area (Å²) in [5.41, 5.74) is 2.20. The van der Waals surface area contributed by atoms with E-state index in [1.165, 1.54) is 21.3 Å². The zero-order valence-electron chi connectivity index (χ0n) is 21.7. The number of ketones is 1. The molecular weight excluding hydrogens is 460 g/mol. The van der Waals surface area contributed by atoms with Crippen LogP contribution in [0.15, 0.2) is 24.3 Å². The highest BCUT2D eigenvalue weighted by atomic mass is 16.5. The molecule has 1 saturated heterocycles. The quantitative estimate of drug-likeness (QED) is 0.351. The largest absolute Gasteiger partial charge is 0.495 e. The molecule has 0 aliphatic carbocycles. The maximum atomic E-state index is 13.9. The Hall–Kier alpha value is -3.74. The Morgan fingerprint density at radius 2 is 1.58 bits per heavy atom. The highest BCUT2D eigenvalue weighted by Crippen LogP contribution is 2.39. The molecule has 2 aromatic carbocycles. The Morgan fingerprint density at radius 1 is 0.944 bits per heavy atom. The fourth-order valence-corrected chi connectivity index (χ4v) is 4.47. The molecule has 3 aromatic rings. The van der Waals surface area contributed by atoms with Crippen LogP contribution < -0.4 is 18.9 Å². The molecule has 0 saturated carbocycles. The molecule has 36 heavy (non-hydrogen) atoms. The Morgan fingerprint density at radius 3 is 2.14 bits per heavy atom. The molecule has 0 amide bonds. The third-order valence-corrected chi connectivity index (χ3v) is 6.42. The van der Waals surface area contributed by atoms with Gasteiger partial charge < -0.3 is 23.8 Å². The van der Waals surface area contributed by atoms with E-state index in [4.69, 9.17) is 24.0 Å². The summed E-state index contributed by atoms with van der Waals surface area (Å²) in [5, 5.41) is 5.54. The zero-order valence-corrected chi connectivity index (χ0v) is 21.7. The average Bonchev–Trinajstić information content (AvgIpc) is 3.27. The standard InChI is InChI=1S/C27H32N4O5/c1-7-8-19-21(33-3)10-9-20-24(28-31(25(19)20)17-30-13-11-29(2)12-14-30)26(32)18-15-22(34-4)27(36-6)23(16-18)35-5/h9-10,15-16H,11-14,17H2,1-6H3. The fourth-order valence-electron chi connectivity index (χ4n) is 4.47. The molecule has 0 spiro atoms. The predicted octanol–water partition coefficient (Wildman–Crippen LogP) is 2.88. The van der Waals surface area contributed by atoms with E-state index in [9.17, 15) is 4.79 Å². The van der Waals surface area contributed by atoms with Crippen molar-refractivity contribution in [1.82, 2.24) is 19.6 Å². The molecule has 1 aliphatic heterocycles. The van der Waals surface area contributed by atoms with Gasteiger partial charge in [-0.2, -0.15) is 5.10 Å². The van der Waals surface area contributed by atoms with Crippen LogP contribution in [0.3, 0.4) is 0 Å². The van der Waals surface area contributed by atoms with Gasteiger partial charge in [-0.25, -0.2) is 4.68 Å². The van der Waals surface area contributed by atoms with E-state index < -0.39 is 0 Å². The van der Waals surface area contributed by atoms with Crippen LogP contribution in [-0.4, -0.2) is 87.0 Å². The van der Waals surface area contributed by atoms with Gasteiger partial charge >= 0.3 is 0 Å². The van der Waals surface area contributed by atoms with Gasteiger partial charge in [-0.1, -0.05) is 5.92 Å². The second-order valence-electron chi connectivity index (χ2n) is 8.57. The van der Waals surface area contributed by atoms with E-state index >= 15 is 0 Å². The minimum atomic E-state index is -0.253. The highest BCUT2D eigenvalue weighted by Gasteiger charge is 2.26. The minimum absolute atomic E-state index is 0.253. The maximum Gasteiger partial charge on any atom is 0.214 e. The van der Waals surface area contributed by atoms with Crippen molar-refractivity contribution in [2.45, 2.75) is 13.6 Å². The first-order valence-corrected chi connectivity index (χ1v) is 11.7. The van der Waals surface area contributed by atoms with Gasteiger partial charge in [0.1, 0.15) is 11.4 Å². The Balaban J connectivity index is 1.88. The number of ether oxygens (including phenoxy) is 4. The van der Waals surface area contributed by atoms with Crippen LogP contribution in [0.1, 0.15) is 28.5 Å². The summed E-state index contributed by atoms with van der Waals surface area (Å²) in [6.45, 7) is 6.09. The summed E-state index contributed by atoms with van der Waals surface area (Å²) in [5.74, 6) is 7.76. The molecule has 0 bridgehead atoms. The van der Waals surface area contributed by atoms with Gasteiger partial charge in [0.05, 0.1) is 46.2 Å². The van der Waals surface area contributed by atoms with Crippen LogP contribution in [0.4, 0.5) is 0 Å². The lowest BCUT2D eigenvalue weighted by Crippen LogP contribution is -2.45. The maximum absolute atomic E-state index is 13.9. The van der Waals surface area contributed by atoms with Gasteiger partial charge in [-0.05, 0) is 38.2 Å². The third-order valence-electron chi connectivity index (χ3n) is 6.42. The van der Waals surface area contributed by atoms with Gasteiger partial charge in [-0.3, -0.25) is 9.69 Å². The van der Waals surface area contributed by atoms with Crippen molar-refractivity contribution in [3.05, 3.63) is 41.1 Å². The van der Waals surface area contributed by atoms with Crippen LogP contribution in [0.5, 0.6) is 23.0 Å². The number of benzene rings is 2. The molecule has 0 radical (unpaired) electrons. The fraction of sp³-hybridized carbons (Fsp3) is 0.407. The molecule has 190 valence electrons. The van der Waals surface area contributed by atoms with Crippen molar-refractivity contribution < 1.29 is 23.7 Å². The number of methoxy groups -OCH3 is 4. The lowest BCUT2D eigenvalue weighted by atomic mass is 10.0. The van der Waals surface area contributed by atoms with E-state index in [2.05, 4.69) is 28.7 Å². The zero-order chi connectivity index (χ0) is 25.8. The lowest BCUT2D eigenvalue weighted by molar-refractivity contribution is 0.102. The van der Waals surface area contributed by atoms with Gasteiger partial charge in [0.25, 0.3) is 0 Å². The number of rotatable bonds is 8. The average molecular weight is 493 g/mol. The number of carbonyl (C=O) groups excluding carboxylic acids is 1. The molecule has 1 aromatic heterocycles. The van der Waals surface area contributed by atoms with Gasteiger partial charge in [0.15, 0.2) is 11.5 Å². The number of aromatic nitrogens is 2. The Bertz CT molecular complexity index is 1300. The first kappa shape index (κ1) is 25.4. The monoisotopic (exact) mass is 492 g/mol. The second kappa shape index (κ2) is 10.9. The molecule has 0 unspecified atom stereocenters. The van der Waals surface area contributed by atoms with Crippen LogP contribution in [0.2, 0.25) is 0 Å². The van der Waals surface area contributed by atoms with E-state index in [0.717, 1.165) is 31.7 Å². The summed E-state index contributed by atoms with van der Waals surface area (Å²) < 4.78 is 23.8. The molecule has 9 nitrogen and oxygen atoms in total. The number of hydrogen-bond donors (Lipinski definition) is 0. The molecule has 4 rings (SSSR count). The molecule has 1 aliphatic rings. The second-order valence-corrected chi connectivity index (χ2v) is 8.57. The van der Waals surface area contributed by atoms with Crippen molar-refractivity contribution >= 4 is 16.7 Å². The third kappa shape index (κ3) is 4.70. The van der Waals surface area contributed by atoms with E-state index in [1.54, 1.807) is 26.2 Å². The number of nitrogens with zero attached hydrogens (tertiary/aromatic N) is 4. The summed E-state index contributed by atoms with van der Waals surface area (Å²) in [4.78, 5) is 18.5. The number of fused-ring (bicyclic) bond motifs is 1. The van der Waals surface area contributed by atoms with Crippen LogP contribution in [0.25, 0.3) is 10.9 Å². The van der Waals surface area contributed by atoms with E-state index in [0.29, 0.717) is 51.9 Å². The molecule has 1 fully saturated rings. The number of carbonyl (C=O) groups is 1. The normalized spacial score (nSPS) is 14.3. The van der Waals surface area contributed by atoms with E-state index in [1.807, 2.05) is 16.8 Å². The Kier molecular flexibility index (Phi) is 7.67. The number of likely N-dealkylation sites (N-methyl/N-ethyl adjacent to an activating group) is 1. The van der Waals surface area contributed by atoms with Gasteiger partial charge in [-0.15, -0.1) is 5.92 Å². The SMILES string of the molecule is CC#Cc1c(OC)ccc2c(C(=O)c3cc(OC)c(OC)c(OC)c3)nn(CN3CCN(C)CC3)c12. The summed E-state index contributed by atoms with van der Waals surface area (Å²) >= 11 is 0. The van der Waals surface area contributed by atoms with Crippen molar-refractivity contribution in [2.75, 3.05) is 61.7 Å². The first-order valence-electron chi connectivity index (χ1n) is 11.7. The van der Waals surface area contributed by atoms with Crippen LogP contribution >= 0.6 is 0 Å². The van der Waals surface area contributed by atoms with Gasteiger partial charge in [0.2, 0.25) is 11.5 Å². The number of hydrogen-bond acceptors (Lipinski definition) is 8. The highest BCUT2D eigenvalue weighted by molar-refractivity contribution is 6.16. The molecule has 0 atom stereocenters. The summed E-state index contributed by atoms with van der Waals surface area (Å²) in [7, 11) is 8.31. The topological polar surface area (TPSA) is 78.3 Å². The summed E-state index contributed by atoms with van der Waals surface area (Å²) in [6.07, 6.45) is 0. The molecule has 9 heteroatoms. The minimum Gasteiger partial charge on any atom is -0.495 e. The van der Waals surface area contributed by atoms with Crippen molar-refractivity contribution in [1.29, 1.82) is 0 Å². The molecule has 2 heterocycles. The van der Waals surface area contributed by atoms with Crippen molar-refractivity contribution in [3.8, 4) is 34.8 Å². The number of piperazine rings is 1. The Labute approximate surface area is 211 Å². The van der Waals surface area contributed by atoms with E-state index in [-0.39, 0.29) is 5.78 Å². The smallest absolute Gasteiger partial charge is 0.214 e. The first-order chi connectivity index (χ1) is 17.4. The summed E-state index contributed by atoms with van der Waals surface area (Å²) in [6, 6.07) is 6.99.